The van der Waals surface area contributed by atoms with Crippen molar-refractivity contribution in [1.29, 1.82) is 0 Å². The van der Waals surface area contributed by atoms with Gasteiger partial charge in [0.25, 0.3) is 0 Å². The molecule has 0 aliphatic rings. The Morgan fingerprint density at radius 1 is 1.11 bits per heavy atom. The number of rotatable bonds is 6. The molecule has 0 bridgehead atoms. The number of nitrogens with zero attached hydrogens (tertiary/aromatic N) is 1. The number of benzene rings is 1. The van der Waals surface area contributed by atoms with E-state index < -0.39 is 5.60 Å². The molecule has 1 heterocycles. The molecule has 19 heavy (non-hydrogen) atoms. The highest BCUT2D eigenvalue weighted by Gasteiger charge is 2.21. The van der Waals surface area contributed by atoms with E-state index in [0.717, 1.165) is 24.2 Å². The molecule has 100 valence electrons. The number of hydrogen-bond donors (Lipinski definition) is 2. The average molecular weight is 256 g/mol. The summed E-state index contributed by atoms with van der Waals surface area (Å²) in [5, 5.41) is 13.7. The second kappa shape index (κ2) is 6.45. The van der Waals surface area contributed by atoms with Crippen molar-refractivity contribution in [1.82, 2.24) is 10.3 Å². The SMILES string of the molecule is CC(O)(CNCCc1ccccn1)c1ccccc1. The summed E-state index contributed by atoms with van der Waals surface area (Å²) in [5.74, 6) is 0. The summed E-state index contributed by atoms with van der Waals surface area (Å²) in [6.07, 6.45) is 2.67. The normalized spacial score (nSPS) is 14.0. The Morgan fingerprint density at radius 3 is 2.53 bits per heavy atom. The molecule has 1 unspecified atom stereocenters. The Balaban J connectivity index is 1.79. The lowest BCUT2D eigenvalue weighted by Gasteiger charge is -2.24. The number of aliphatic hydroxyl groups is 1. The predicted octanol–water partition coefficient (Wildman–Crippen LogP) is 2.12. The van der Waals surface area contributed by atoms with Crippen LogP contribution in [0.5, 0.6) is 0 Å². The molecule has 1 aromatic heterocycles. The van der Waals surface area contributed by atoms with Crippen LogP contribution >= 0.6 is 0 Å². The van der Waals surface area contributed by atoms with Crippen LogP contribution in [0.25, 0.3) is 0 Å². The van der Waals surface area contributed by atoms with Crippen LogP contribution in [0.15, 0.2) is 54.7 Å². The summed E-state index contributed by atoms with van der Waals surface area (Å²) in [5.41, 5.74) is 1.15. The van der Waals surface area contributed by atoms with Crippen LogP contribution < -0.4 is 5.32 Å². The minimum atomic E-state index is -0.842. The molecule has 1 aromatic carbocycles. The first-order valence-electron chi connectivity index (χ1n) is 6.57. The van der Waals surface area contributed by atoms with Crippen LogP contribution in [0.1, 0.15) is 18.2 Å². The summed E-state index contributed by atoms with van der Waals surface area (Å²) >= 11 is 0. The lowest BCUT2D eigenvalue weighted by molar-refractivity contribution is 0.0573. The zero-order valence-corrected chi connectivity index (χ0v) is 11.2. The minimum Gasteiger partial charge on any atom is -0.384 e. The maximum absolute atomic E-state index is 10.4. The van der Waals surface area contributed by atoms with Gasteiger partial charge in [-0.05, 0) is 24.6 Å². The highest BCUT2D eigenvalue weighted by atomic mass is 16.3. The molecule has 0 saturated carbocycles. The molecular weight excluding hydrogens is 236 g/mol. The lowest BCUT2D eigenvalue weighted by Crippen LogP contribution is -2.36. The zero-order valence-electron chi connectivity index (χ0n) is 11.2. The van der Waals surface area contributed by atoms with Gasteiger partial charge in [0.1, 0.15) is 0 Å². The van der Waals surface area contributed by atoms with E-state index in [9.17, 15) is 5.11 Å². The van der Waals surface area contributed by atoms with E-state index in [0.29, 0.717) is 6.54 Å². The fourth-order valence-corrected chi connectivity index (χ4v) is 1.99. The van der Waals surface area contributed by atoms with E-state index in [1.165, 1.54) is 0 Å². The second-order valence-electron chi connectivity index (χ2n) is 4.89. The van der Waals surface area contributed by atoms with Gasteiger partial charge in [-0.3, -0.25) is 4.98 Å². The summed E-state index contributed by atoms with van der Waals surface area (Å²) in [4.78, 5) is 4.27. The van der Waals surface area contributed by atoms with Crippen molar-refractivity contribution in [3.8, 4) is 0 Å². The molecule has 2 N–H and O–H groups in total. The van der Waals surface area contributed by atoms with Crippen LogP contribution in [0.4, 0.5) is 0 Å². The predicted molar refractivity (Wildman–Crippen MR) is 76.8 cm³/mol. The third-order valence-corrected chi connectivity index (χ3v) is 3.15. The number of pyridine rings is 1. The molecule has 3 nitrogen and oxygen atoms in total. The maximum atomic E-state index is 10.4. The van der Waals surface area contributed by atoms with E-state index in [-0.39, 0.29) is 0 Å². The third-order valence-electron chi connectivity index (χ3n) is 3.15. The van der Waals surface area contributed by atoms with E-state index in [2.05, 4.69) is 10.3 Å². The molecule has 0 aliphatic carbocycles. The average Bonchev–Trinajstić information content (AvgIpc) is 2.46. The molecule has 2 aromatic rings. The Labute approximate surface area is 114 Å². The highest BCUT2D eigenvalue weighted by molar-refractivity contribution is 5.21. The van der Waals surface area contributed by atoms with Gasteiger partial charge in [-0.25, -0.2) is 0 Å². The summed E-state index contributed by atoms with van der Waals surface area (Å²) in [7, 11) is 0. The Hall–Kier alpha value is -1.71. The quantitative estimate of drug-likeness (QED) is 0.778. The van der Waals surface area contributed by atoms with Gasteiger partial charge in [-0.2, -0.15) is 0 Å². The fourth-order valence-electron chi connectivity index (χ4n) is 1.99. The molecule has 0 aliphatic heterocycles. The summed E-state index contributed by atoms with van der Waals surface area (Å²) in [6, 6.07) is 15.6. The van der Waals surface area contributed by atoms with Crippen molar-refractivity contribution in [2.24, 2.45) is 0 Å². The van der Waals surface area contributed by atoms with E-state index >= 15 is 0 Å². The number of nitrogens with one attached hydrogen (secondary N) is 1. The molecule has 0 saturated heterocycles. The smallest absolute Gasteiger partial charge is 0.0992 e. The lowest BCUT2D eigenvalue weighted by atomic mass is 9.96. The van der Waals surface area contributed by atoms with Gasteiger partial charge in [0.2, 0.25) is 0 Å². The van der Waals surface area contributed by atoms with Gasteiger partial charge >= 0.3 is 0 Å². The molecule has 0 spiro atoms. The van der Waals surface area contributed by atoms with Crippen LogP contribution in [-0.2, 0) is 12.0 Å². The number of aromatic nitrogens is 1. The first kappa shape index (κ1) is 13.7. The van der Waals surface area contributed by atoms with Crippen LogP contribution in [0.3, 0.4) is 0 Å². The van der Waals surface area contributed by atoms with E-state index in [4.69, 9.17) is 0 Å². The minimum absolute atomic E-state index is 0.532. The summed E-state index contributed by atoms with van der Waals surface area (Å²) in [6.45, 7) is 3.17. The third kappa shape index (κ3) is 4.16. The van der Waals surface area contributed by atoms with Gasteiger partial charge in [0, 0.05) is 31.4 Å². The molecular formula is C16H20N2O. The van der Waals surface area contributed by atoms with E-state index in [1.54, 1.807) is 6.20 Å². The molecule has 0 amide bonds. The fraction of sp³-hybridized carbons (Fsp3) is 0.312. The Bertz CT molecular complexity index is 483. The second-order valence-corrected chi connectivity index (χ2v) is 4.89. The molecule has 3 heteroatoms. The maximum Gasteiger partial charge on any atom is 0.0992 e. The van der Waals surface area contributed by atoms with Crippen LogP contribution in [-0.4, -0.2) is 23.2 Å². The standard InChI is InChI=1S/C16H20N2O/c1-16(19,14-7-3-2-4-8-14)13-17-12-10-15-9-5-6-11-18-15/h2-9,11,17,19H,10,12-13H2,1H3. The van der Waals surface area contributed by atoms with Gasteiger partial charge in [0.05, 0.1) is 5.60 Å². The first-order valence-corrected chi connectivity index (χ1v) is 6.57. The van der Waals surface area contributed by atoms with Crippen molar-refractivity contribution < 1.29 is 5.11 Å². The van der Waals surface area contributed by atoms with Gasteiger partial charge in [-0.1, -0.05) is 36.4 Å². The Morgan fingerprint density at radius 2 is 1.84 bits per heavy atom. The summed E-state index contributed by atoms with van der Waals surface area (Å²) < 4.78 is 0. The molecule has 1 atom stereocenters. The molecule has 0 fully saturated rings. The van der Waals surface area contributed by atoms with Gasteiger partial charge in [0.15, 0.2) is 0 Å². The van der Waals surface area contributed by atoms with Crippen LogP contribution in [0, 0.1) is 0 Å². The van der Waals surface area contributed by atoms with Crippen molar-refractivity contribution >= 4 is 0 Å². The van der Waals surface area contributed by atoms with E-state index in [1.807, 2.05) is 55.5 Å². The van der Waals surface area contributed by atoms with Crippen molar-refractivity contribution in [3.05, 3.63) is 66.0 Å². The highest BCUT2D eigenvalue weighted by Crippen LogP contribution is 2.18. The Kier molecular flexibility index (Phi) is 4.66. The zero-order chi connectivity index (χ0) is 13.6. The van der Waals surface area contributed by atoms with Gasteiger partial charge < -0.3 is 10.4 Å². The largest absolute Gasteiger partial charge is 0.384 e. The molecule has 0 radical (unpaired) electrons. The molecule has 2 rings (SSSR count). The number of hydrogen-bond acceptors (Lipinski definition) is 3. The van der Waals surface area contributed by atoms with Gasteiger partial charge in [-0.15, -0.1) is 0 Å². The monoisotopic (exact) mass is 256 g/mol. The van der Waals surface area contributed by atoms with Crippen molar-refractivity contribution in [2.75, 3.05) is 13.1 Å². The first-order chi connectivity index (χ1) is 9.18. The topological polar surface area (TPSA) is 45.1 Å². The van der Waals surface area contributed by atoms with Crippen LogP contribution in [0.2, 0.25) is 0 Å². The van der Waals surface area contributed by atoms with Crippen molar-refractivity contribution in [2.45, 2.75) is 18.9 Å². The van der Waals surface area contributed by atoms with Crippen molar-refractivity contribution in [3.63, 3.8) is 0 Å².